The first-order valence-electron chi connectivity index (χ1n) is 9.68. The van der Waals surface area contributed by atoms with Gasteiger partial charge in [0.15, 0.2) is 0 Å². The van der Waals surface area contributed by atoms with E-state index in [-0.39, 0.29) is 18.2 Å². The van der Waals surface area contributed by atoms with Gasteiger partial charge in [-0.2, -0.15) is 0 Å². The first kappa shape index (κ1) is 20.6. The smallest absolute Gasteiger partial charge is 0.241 e. The molecule has 0 atom stereocenters. The summed E-state index contributed by atoms with van der Waals surface area (Å²) in [6.45, 7) is 2.51. The summed E-state index contributed by atoms with van der Waals surface area (Å²) in [4.78, 5) is 21.0. The maximum absolute atomic E-state index is 12.7. The molecule has 0 radical (unpaired) electrons. The summed E-state index contributed by atoms with van der Waals surface area (Å²) in [5.74, 6) is 0.684. The van der Waals surface area contributed by atoms with Gasteiger partial charge in [0, 0.05) is 16.8 Å². The largest absolute Gasteiger partial charge is 0.494 e. The predicted molar refractivity (Wildman–Crippen MR) is 118 cm³/mol. The van der Waals surface area contributed by atoms with Gasteiger partial charge in [-0.15, -0.1) is 0 Å². The van der Waals surface area contributed by atoms with Crippen LogP contribution in [0, 0.1) is 0 Å². The van der Waals surface area contributed by atoms with Crippen molar-refractivity contribution in [1.29, 1.82) is 0 Å². The Morgan fingerprint density at radius 1 is 1.13 bits per heavy atom. The van der Waals surface area contributed by atoms with Gasteiger partial charge in [-0.25, -0.2) is 9.97 Å². The number of hydrogen-bond donors (Lipinski definition) is 1. The van der Waals surface area contributed by atoms with Gasteiger partial charge >= 0.3 is 0 Å². The van der Waals surface area contributed by atoms with E-state index in [0.29, 0.717) is 28.6 Å². The van der Waals surface area contributed by atoms with Crippen LogP contribution in [0.5, 0.6) is 5.75 Å². The Bertz CT molecular complexity index is 1180. The maximum atomic E-state index is 12.7. The number of nitrogens with one attached hydrogen (secondary N) is 1. The van der Waals surface area contributed by atoms with Crippen LogP contribution in [-0.2, 0) is 11.2 Å². The van der Waals surface area contributed by atoms with Gasteiger partial charge in [0.2, 0.25) is 11.8 Å². The molecule has 2 aromatic carbocycles. The molecular weight excluding hydrogens is 416 g/mol. The number of benzene rings is 2. The van der Waals surface area contributed by atoms with Crippen molar-refractivity contribution in [3.05, 3.63) is 77.7 Å². The first-order valence-corrected chi connectivity index (χ1v) is 10.1. The molecule has 4 aromatic rings. The minimum atomic E-state index is -0.280. The van der Waals surface area contributed by atoms with Gasteiger partial charge in [0.05, 0.1) is 24.3 Å². The number of amides is 1. The van der Waals surface area contributed by atoms with Crippen molar-refractivity contribution in [2.24, 2.45) is 0 Å². The Kier molecular flexibility index (Phi) is 6.24. The SMILES string of the molecule is CCOc1ccc(-c2noc(NC(=O)Cc3ccccc3Cl)c2-c2ccncn2)cc1. The van der Waals surface area contributed by atoms with Crippen LogP contribution < -0.4 is 10.1 Å². The first-order chi connectivity index (χ1) is 15.2. The van der Waals surface area contributed by atoms with Crippen molar-refractivity contribution in [2.45, 2.75) is 13.3 Å². The summed E-state index contributed by atoms with van der Waals surface area (Å²) in [5, 5.41) is 7.52. The standard InChI is InChI=1S/C23H19ClN4O3/c1-2-30-17-9-7-15(8-10-17)22-21(19-11-12-25-14-26-19)23(31-28-22)27-20(29)13-16-5-3-4-6-18(16)24/h3-12,14H,2,13H2,1H3,(H,27,29). The van der Waals surface area contributed by atoms with E-state index in [4.69, 9.17) is 20.9 Å². The van der Waals surface area contributed by atoms with Crippen molar-refractivity contribution >= 4 is 23.4 Å². The van der Waals surface area contributed by atoms with Gasteiger partial charge in [-0.3, -0.25) is 10.1 Å². The van der Waals surface area contributed by atoms with Crippen LogP contribution in [0.4, 0.5) is 5.88 Å². The number of nitrogens with zero attached hydrogens (tertiary/aromatic N) is 3. The topological polar surface area (TPSA) is 90.1 Å². The summed E-state index contributed by atoms with van der Waals surface area (Å²) < 4.78 is 11.0. The molecule has 0 unspecified atom stereocenters. The molecule has 156 valence electrons. The second-order valence-electron chi connectivity index (χ2n) is 6.60. The number of hydrogen-bond acceptors (Lipinski definition) is 6. The molecule has 0 spiro atoms. The molecule has 1 amide bonds. The molecule has 0 saturated carbocycles. The molecule has 8 heteroatoms. The predicted octanol–water partition coefficient (Wildman–Crippen LogP) is 5.03. The summed E-state index contributed by atoms with van der Waals surface area (Å²) >= 11 is 6.17. The van der Waals surface area contributed by atoms with Gasteiger partial charge in [0.25, 0.3) is 0 Å². The Labute approximate surface area is 184 Å². The van der Waals surface area contributed by atoms with Crippen LogP contribution in [-0.4, -0.2) is 27.6 Å². The van der Waals surface area contributed by atoms with Crippen molar-refractivity contribution in [3.63, 3.8) is 0 Å². The van der Waals surface area contributed by atoms with Crippen LogP contribution in [0.1, 0.15) is 12.5 Å². The zero-order chi connectivity index (χ0) is 21.6. The van der Waals surface area contributed by atoms with Crippen LogP contribution in [0.25, 0.3) is 22.5 Å². The maximum Gasteiger partial charge on any atom is 0.241 e. The minimum absolute atomic E-state index is 0.0992. The lowest BCUT2D eigenvalue weighted by Gasteiger charge is -2.07. The van der Waals surface area contributed by atoms with E-state index in [1.807, 2.05) is 43.3 Å². The fourth-order valence-corrected chi connectivity index (χ4v) is 3.31. The highest BCUT2D eigenvalue weighted by Crippen LogP contribution is 2.37. The third kappa shape index (κ3) is 4.73. The van der Waals surface area contributed by atoms with E-state index in [2.05, 4.69) is 20.4 Å². The molecule has 0 saturated heterocycles. The molecule has 2 aromatic heterocycles. The Morgan fingerprint density at radius 3 is 2.65 bits per heavy atom. The number of carbonyl (C=O) groups excluding carboxylic acids is 1. The number of ether oxygens (including phenoxy) is 1. The van der Waals surface area contributed by atoms with Gasteiger partial charge < -0.3 is 9.26 Å². The third-order valence-corrected chi connectivity index (χ3v) is 4.90. The lowest BCUT2D eigenvalue weighted by molar-refractivity contribution is -0.115. The zero-order valence-electron chi connectivity index (χ0n) is 16.7. The summed E-state index contributed by atoms with van der Waals surface area (Å²) in [6, 6.07) is 16.4. The monoisotopic (exact) mass is 434 g/mol. The van der Waals surface area contributed by atoms with Crippen molar-refractivity contribution < 1.29 is 14.1 Å². The van der Waals surface area contributed by atoms with Gasteiger partial charge in [-0.1, -0.05) is 35.0 Å². The minimum Gasteiger partial charge on any atom is -0.494 e. The average molecular weight is 435 g/mol. The number of aromatic nitrogens is 3. The summed E-state index contributed by atoms with van der Waals surface area (Å²) in [6.07, 6.45) is 3.15. The van der Waals surface area contributed by atoms with E-state index in [1.165, 1.54) is 6.33 Å². The summed E-state index contributed by atoms with van der Waals surface area (Å²) in [7, 11) is 0. The van der Waals surface area contributed by atoms with Crippen LogP contribution in [0.2, 0.25) is 5.02 Å². The highest BCUT2D eigenvalue weighted by molar-refractivity contribution is 6.31. The van der Waals surface area contributed by atoms with Crippen molar-refractivity contribution in [2.75, 3.05) is 11.9 Å². The molecule has 0 bridgehead atoms. The van der Waals surface area contributed by atoms with Crippen LogP contribution >= 0.6 is 11.6 Å². The summed E-state index contributed by atoms with van der Waals surface area (Å²) in [5.41, 5.74) is 3.21. The van der Waals surface area contributed by atoms with E-state index in [9.17, 15) is 4.79 Å². The molecule has 0 aliphatic heterocycles. The normalized spacial score (nSPS) is 10.6. The molecule has 0 aliphatic rings. The lowest BCUT2D eigenvalue weighted by atomic mass is 10.0. The molecule has 7 nitrogen and oxygen atoms in total. The molecule has 0 aliphatic carbocycles. The van der Waals surface area contributed by atoms with Crippen LogP contribution in [0.15, 0.2) is 71.6 Å². The third-order valence-electron chi connectivity index (χ3n) is 4.53. The van der Waals surface area contributed by atoms with E-state index >= 15 is 0 Å². The fraction of sp³-hybridized carbons (Fsp3) is 0.130. The average Bonchev–Trinajstić information content (AvgIpc) is 3.20. The van der Waals surface area contributed by atoms with Gasteiger partial charge in [0.1, 0.15) is 17.8 Å². The van der Waals surface area contributed by atoms with E-state index in [1.54, 1.807) is 24.4 Å². The molecule has 0 fully saturated rings. The molecule has 31 heavy (non-hydrogen) atoms. The second-order valence-corrected chi connectivity index (χ2v) is 7.01. The highest BCUT2D eigenvalue weighted by Gasteiger charge is 2.22. The Balaban J connectivity index is 1.67. The zero-order valence-corrected chi connectivity index (χ0v) is 17.5. The molecule has 1 N–H and O–H groups in total. The quantitative estimate of drug-likeness (QED) is 0.438. The van der Waals surface area contributed by atoms with Crippen LogP contribution in [0.3, 0.4) is 0 Å². The number of anilines is 1. The van der Waals surface area contributed by atoms with Gasteiger partial charge in [-0.05, 0) is 48.9 Å². The molecule has 2 heterocycles. The van der Waals surface area contributed by atoms with Crippen molar-refractivity contribution in [3.8, 4) is 28.3 Å². The Hall–Kier alpha value is -3.71. The molecular formula is C23H19ClN4O3. The van der Waals surface area contributed by atoms with E-state index < -0.39 is 0 Å². The van der Waals surface area contributed by atoms with Crippen molar-refractivity contribution in [1.82, 2.24) is 15.1 Å². The number of rotatable bonds is 7. The second kappa shape index (κ2) is 9.40. The molecule has 4 rings (SSSR count). The highest BCUT2D eigenvalue weighted by atomic mass is 35.5. The van der Waals surface area contributed by atoms with E-state index in [0.717, 1.165) is 16.9 Å². The Morgan fingerprint density at radius 2 is 1.94 bits per heavy atom. The number of carbonyl (C=O) groups is 1. The number of halogens is 1. The lowest BCUT2D eigenvalue weighted by Crippen LogP contribution is -2.14. The fourth-order valence-electron chi connectivity index (χ4n) is 3.11.